The predicted octanol–water partition coefficient (Wildman–Crippen LogP) is 0.0351. The molecule has 3 heterocycles. The van der Waals surface area contributed by atoms with Crippen LogP contribution in [-0.4, -0.2) is 39.1 Å². The van der Waals surface area contributed by atoms with Crippen molar-refractivity contribution in [1.82, 2.24) is 25.3 Å². The number of rotatable bonds is 2. The molecule has 1 fully saturated rings. The number of hydrogen-bond acceptors (Lipinski definition) is 3. The van der Waals surface area contributed by atoms with Crippen molar-refractivity contribution in [2.45, 2.75) is 13.8 Å². The molecule has 0 saturated carbocycles. The van der Waals surface area contributed by atoms with Gasteiger partial charge in [0.25, 0.3) is 5.56 Å². The van der Waals surface area contributed by atoms with E-state index < -0.39 is 0 Å². The molecular formula is C11H14N6O2. The van der Waals surface area contributed by atoms with Gasteiger partial charge in [0.05, 0.1) is 5.69 Å². The lowest BCUT2D eigenvalue weighted by Crippen LogP contribution is -2.28. The minimum absolute atomic E-state index is 0.163. The summed E-state index contributed by atoms with van der Waals surface area (Å²) in [6.45, 7) is 4.82. The second-order valence-electron chi connectivity index (χ2n) is 4.49. The first-order chi connectivity index (χ1) is 9.08. The molecular weight excluding hydrogens is 248 g/mol. The van der Waals surface area contributed by atoms with Crippen molar-refractivity contribution in [3.8, 4) is 5.69 Å². The van der Waals surface area contributed by atoms with Gasteiger partial charge in [-0.05, 0) is 13.8 Å². The molecule has 2 amide bonds. The average molecular weight is 262 g/mol. The minimum atomic E-state index is -0.235. The van der Waals surface area contributed by atoms with E-state index in [1.165, 1.54) is 0 Å². The SMILES string of the molecule is Cc1[nH][nH]c(=O)c1-n1nc(N2CCNC2=O)cc1C. The van der Waals surface area contributed by atoms with Crippen molar-refractivity contribution < 1.29 is 4.79 Å². The van der Waals surface area contributed by atoms with Crippen LogP contribution in [0.3, 0.4) is 0 Å². The summed E-state index contributed by atoms with van der Waals surface area (Å²) in [5.74, 6) is 0.549. The first-order valence-corrected chi connectivity index (χ1v) is 5.97. The summed E-state index contributed by atoms with van der Waals surface area (Å²) in [4.78, 5) is 24.9. The van der Waals surface area contributed by atoms with Crippen LogP contribution in [-0.2, 0) is 0 Å². The third kappa shape index (κ3) is 1.72. The molecule has 0 radical (unpaired) electrons. The molecule has 1 saturated heterocycles. The van der Waals surface area contributed by atoms with Crippen LogP contribution in [0.1, 0.15) is 11.4 Å². The fourth-order valence-corrected chi connectivity index (χ4v) is 2.20. The van der Waals surface area contributed by atoms with Gasteiger partial charge in [-0.25, -0.2) is 9.48 Å². The van der Waals surface area contributed by atoms with E-state index in [4.69, 9.17) is 0 Å². The number of aromatic nitrogens is 4. The summed E-state index contributed by atoms with van der Waals surface area (Å²) < 4.78 is 1.55. The quantitative estimate of drug-likeness (QED) is 0.712. The van der Waals surface area contributed by atoms with E-state index in [0.29, 0.717) is 30.3 Å². The lowest BCUT2D eigenvalue weighted by molar-refractivity contribution is 0.252. The van der Waals surface area contributed by atoms with E-state index >= 15 is 0 Å². The maximum absolute atomic E-state index is 11.7. The Morgan fingerprint density at radius 1 is 1.26 bits per heavy atom. The van der Waals surface area contributed by atoms with E-state index in [9.17, 15) is 9.59 Å². The molecule has 2 aromatic heterocycles. The van der Waals surface area contributed by atoms with Crippen molar-refractivity contribution >= 4 is 11.8 Å². The molecule has 0 bridgehead atoms. The number of carbonyl (C=O) groups is 1. The Balaban J connectivity index is 2.07. The van der Waals surface area contributed by atoms with E-state index in [1.54, 1.807) is 22.6 Å². The number of aryl methyl sites for hydroxylation is 2. The molecule has 0 unspecified atom stereocenters. The normalized spacial score (nSPS) is 15.1. The number of nitrogens with zero attached hydrogens (tertiary/aromatic N) is 3. The van der Waals surface area contributed by atoms with Gasteiger partial charge in [-0.2, -0.15) is 0 Å². The number of amides is 2. The average Bonchev–Trinajstić information content (AvgIpc) is 3.01. The van der Waals surface area contributed by atoms with Gasteiger partial charge in [-0.1, -0.05) is 0 Å². The van der Waals surface area contributed by atoms with Crippen LogP contribution in [0.15, 0.2) is 10.9 Å². The zero-order valence-corrected chi connectivity index (χ0v) is 10.6. The van der Waals surface area contributed by atoms with Gasteiger partial charge in [-0.15, -0.1) is 5.10 Å². The Morgan fingerprint density at radius 3 is 2.63 bits per heavy atom. The van der Waals surface area contributed by atoms with E-state index in [2.05, 4.69) is 20.6 Å². The molecule has 0 atom stereocenters. The molecule has 19 heavy (non-hydrogen) atoms. The molecule has 0 aliphatic carbocycles. The standard InChI is InChI=1S/C11H14N6O2/c1-6-5-8(16-4-3-12-11(16)19)15-17(6)9-7(2)13-14-10(9)18/h5H,3-4H2,1-2H3,(H,12,19)(H2,13,14,18). The first kappa shape index (κ1) is 11.6. The molecule has 8 heteroatoms. The van der Waals surface area contributed by atoms with Gasteiger partial charge in [0.2, 0.25) is 0 Å². The van der Waals surface area contributed by atoms with Gasteiger partial charge in [0.1, 0.15) is 0 Å². The Labute approximate surface area is 108 Å². The fourth-order valence-electron chi connectivity index (χ4n) is 2.20. The Morgan fingerprint density at radius 2 is 2.05 bits per heavy atom. The third-order valence-electron chi connectivity index (χ3n) is 3.15. The smallest absolute Gasteiger partial charge is 0.323 e. The molecule has 8 nitrogen and oxygen atoms in total. The van der Waals surface area contributed by atoms with Gasteiger partial charge in [0.15, 0.2) is 11.5 Å². The number of aromatic amines is 2. The largest absolute Gasteiger partial charge is 0.336 e. The summed E-state index contributed by atoms with van der Waals surface area (Å²) in [5, 5.41) is 12.3. The van der Waals surface area contributed by atoms with Gasteiger partial charge < -0.3 is 10.4 Å². The molecule has 0 spiro atoms. The van der Waals surface area contributed by atoms with Crippen LogP contribution in [0.4, 0.5) is 10.6 Å². The highest BCUT2D eigenvalue weighted by molar-refractivity contribution is 5.93. The fraction of sp³-hybridized carbons (Fsp3) is 0.364. The molecule has 0 aromatic carbocycles. The number of carbonyl (C=O) groups excluding carboxylic acids is 1. The Bertz CT molecular complexity index is 694. The minimum Gasteiger partial charge on any atom is -0.336 e. The second-order valence-corrected chi connectivity index (χ2v) is 4.49. The van der Waals surface area contributed by atoms with Crippen molar-refractivity contribution in [3.63, 3.8) is 0 Å². The van der Waals surface area contributed by atoms with Crippen molar-refractivity contribution in [2.24, 2.45) is 0 Å². The molecule has 3 N–H and O–H groups in total. The number of H-pyrrole nitrogens is 2. The highest BCUT2D eigenvalue weighted by atomic mass is 16.2. The van der Waals surface area contributed by atoms with E-state index in [0.717, 1.165) is 5.69 Å². The summed E-state index contributed by atoms with van der Waals surface area (Å²) >= 11 is 0. The zero-order chi connectivity index (χ0) is 13.6. The van der Waals surface area contributed by atoms with Crippen molar-refractivity contribution in [1.29, 1.82) is 0 Å². The lowest BCUT2D eigenvalue weighted by Gasteiger charge is -2.09. The van der Waals surface area contributed by atoms with Crippen LogP contribution in [0.25, 0.3) is 5.69 Å². The molecule has 1 aliphatic rings. The van der Waals surface area contributed by atoms with Crippen LogP contribution >= 0.6 is 0 Å². The topological polar surface area (TPSA) is 98.8 Å². The van der Waals surface area contributed by atoms with Gasteiger partial charge in [-0.3, -0.25) is 14.8 Å². The summed E-state index contributed by atoms with van der Waals surface area (Å²) in [7, 11) is 0. The Hall–Kier alpha value is -2.51. The van der Waals surface area contributed by atoms with Gasteiger partial charge in [0, 0.05) is 24.8 Å². The van der Waals surface area contributed by atoms with Crippen molar-refractivity contribution in [3.05, 3.63) is 27.8 Å². The van der Waals surface area contributed by atoms with Crippen LogP contribution in [0.5, 0.6) is 0 Å². The highest BCUT2D eigenvalue weighted by Gasteiger charge is 2.25. The van der Waals surface area contributed by atoms with Crippen LogP contribution < -0.4 is 15.8 Å². The number of nitrogens with one attached hydrogen (secondary N) is 3. The third-order valence-corrected chi connectivity index (χ3v) is 3.15. The van der Waals surface area contributed by atoms with Crippen LogP contribution in [0, 0.1) is 13.8 Å². The van der Waals surface area contributed by atoms with E-state index in [1.807, 2.05) is 6.92 Å². The highest BCUT2D eigenvalue weighted by Crippen LogP contribution is 2.19. The van der Waals surface area contributed by atoms with Crippen molar-refractivity contribution in [2.75, 3.05) is 18.0 Å². The second kappa shape index (κ2) is 4.01. The molecule has 3 rings (SSSR count). The number of urea groups is 1. The first-order valence-electron chi connectivity index (χ1n) is 5.97. The summed E-state index contributed by atoms with van der Waals surface area (Å²) in [6.07, 6.45) is 0. The lowest BCUT2D eigenvalue weighted by atomic mass is 10.4. The molecule has 1 aliphatic heterocycles. The van der Waals surface area contributed by atoms with E-state index in [-0.39, 0.29) is 11.6 Å². The molecule has 100 valence electrons. The number of anilines is 1. The zero-order valence-electron chi connectivity index (χ0n) is 10.6. The maximum atomic E-state index is 11.7. The van der Waals surface area contributed by atoms with Crippen LogP contribution in [0.2, 0.25) is 0 Å². The Kier molecular flexibility index (Phi) is 2.44. The summed E-state index contributed by atoms with van der Waals surface area (Å²) in [6, 6.07) is 1.63. The maximum Gasteiger partial charge on any atom is 0.323 e. The summed E-state index contributed by atoms with van der Waals surface area (Å²) in [5.41, 5.74) is 1.71. The van der Waals surface area contributed by atoms with Gasteiger partial charge >= 0.3 is 6.03 Å². The number of hydrogen-bond donors (Lipinski definition) is 3. The predicted molar refractivity (Wildman–Crippen MR) is 68.8 cm³/mol. The molecule has 2 aromatic rings. The monoisotopic (exact) mass is 262 g/mol.